The van der Waals surface area contributed by atoms with Crippen LogP contribution in [0, 0.1) is 0 Å². The molecule has 0 spiro atoms. The van der Waals surface area contributed by atoms with Crippen LogP contribution in [0.5, 0.6) is 0 Å². The predicted octanol–water partition coefficient (Wildman–Crippen LogP) is 1.17. The van der Waals surface area contributed by atoms with Gasteiger partial charge >= 0.3 is 5.69 Å². The number of hydrogen-bond acceptors (Lipinski definition) is 3. The van der Waals surface area contributed by atoms with Gasteiger partial charge in [-0.05, 0) is 30.5 Å². The van der Waals surface area contributed by atoms with E-state index in [1.807, 2.05) is 18.2 Å². The SMILES string of the molecule is O=C(NCc1ccc2[nH]c(=O)[nH]c2c1)C1=COCCC1. The Bertz CT molecular complexity index is 727. The van der Waals surface area contributed by atoms with Gasteiger partial charge in [-0.1, -0.05) is 6.07 Å². The van der Waals surface area contributed by atoms with Crippen LogP contribution in [0.15, 0.2) is 34.8 Å². The molecule has 1 aliphatic rings. The summed E-state index contributed by atoms with van der Waals surface area (Å²) in [5, 5.41) is 2.85. The number of H-pyrrole nitrogens is 2. The zero-order chi connectivity index (χ0) is 13.9. The first-order valence-corrected chi connectivity index (χ1v) is 6.52. The van der Waals surface area contributed by atoms with E-state index in [4.69, 9.17) is 4.74 Å². The number of carbonyl (C=O) groups excluding carboxylic acids is 1. The second kappa shape index (κ2) is 5.24. The van der Waals surface area contributed by atoms with Crippen molar-refractivity contribution in [1.82, 2.24) is 15.3 Å². The van der Waals surface area contributed by atoms with E-state index in [0.717, 1.165) is 29.4 Å². The van der Waals surface area contributed by atoms with Crippen molar-refractivity contribution in [3.05, 3.63) is 46.1 Å². The molecule has 1 aliphatic heterocycles. The molecule has 2 aromatic rings. The van der Waals surface area contributed by atoms with Crippen molar-refractivity contribution in [3.63, 3.8) is 0 Å². The summed E-state index contributed by atoms with van der Waals surface area (Å²) in [6.07, 6.45) is 3.15. The maximum absolute atomic E-state index is 11.9. The lowest BCUT2D eigenvalue weighted by Crippen LogP contribution is -2.25. The fourth-order valence-corrected chi connectivity index (χ4v) is 2.22. The average Bonchev–Trinajstić information content (AvgIpc) is 2.85. The molecule has 0 saturated carbocycles. The zero-order valence-corrected chi connectivity index (χ0v) is 10.9. The Kier molecular flexibility index (Phi) is 3.28. The van der Waals surface area contributed by atoms with Crippen molar-refractivity contribution in [2.75, 3.05) is 6.61 Å². The molecule has 0 bridgehead atoms. The standard InChI is InChI=1S/C14H15N3O3/c18-13(10-2-1-5-20-8-10)15-7-9-3-4-11-12(6-9)17-14(19)16-11/h3-4,6,8H,1-2,5,7H2,(H,15,18)(H2,16,17,19). The summed E-state index contributed by atoms with van der Waals surface area (Å²) in [5.74, 6) is -0.104. The zero-order valence-electron chi connectivity index (χ0n) is 10.9. The van der Waals surface area contributed by atoms with Crippen molar-refractivity contribution in [3.8, 4) is 0 Å². The van der Waals surface area contributed by atoms with Gasteiger partial charge in [0, 0.05) is 6.54 Å². The highest BCUT2D eigenvalue weighted by molar-refractivity contribution is 5.93. The van der Waals surface area contributed by atoms with Gasteiger partial charge in [-0.25, -0.2) is 4.79 Å². The molecule has 0 fully saturated rings. The molecule has 1 aromatic carbocycles. The number of fused-ring (bicyclic) bond motifs is 1. The van der Waals surface area contributed by atoms with E-state index in [-0.39, 0.29) is 11.6 Å². The maximum atomic E-state index is 11.9. The van der Waals surface area contributed by atoms with E-state index in [0.29, 0.717) is 18.7 Å². The summed E-state index contributed by atoms with van der Waals surface area (Å²) in [5.41, 5.74) is 2.87. The molecule has 2 heterocycles. The number of amides is 1. The summed E-state index contributed by atoms with van der Waals surface area (Å²) < 4.78 is 5.15. The van der Waals surface area contributed by atoms with E-state index in [1.54, 1.807) is 0 Å². The van der Waals surface area contributed by atoms with Gasteiger partial charge in [-0.3, -0.25) is 4.79 Å². The Morgan fingerprint density at radius 1 is 1.30 bits per heavy atom. The molecule has 1 amide bonds. The van der Waals surface area contributed by atoms with Crippen LogP contribution in [0.1, 0.15) is 18.4 Å². The highest BCUT2D eigenvalue weighted by Gasteiger charge is 2.12. The average molecular weight is 273 g/mol. The number of nitrogens with one attached hydrogen (secondary N) is 3. The minimum atomic E-state index is -0.231. The molecule has 0 saturated heterocycles. The Morgan fingerprint density at radius 3 is 2.95 bits per heavy atom. The third kappa shape index (κ3) is 2.59. The van der Waals surface area contributed by atoms with Crippen molar-refractivity contribution < 1.29 is 9.53 Å². The molecule has 6 heteroatoms. The smallest absolute Gasteiger partial charge is 0.323 e. The van der Waals surface area contributed by atoms with Gasteiger partial charge in [0.25, 0.3) is 5.91 Å². The third-order valence-corrected chi connectivity index (χ3v) is 3.26. The monoisotopic (exact) mass is 273 g/mol. The first kappa shape index (κ1) is 12.5. The highest BCUT2D eigenvalue weighted by Crippen LogP contribution is 2.13. The number of benzene rings is 1. The van der Waals surface area contributed by atoms with Gasteiger partial charge in [0.15, 0.2) is 0 Å². The number of aromatic amines is 2. The topological polar surface area (TPSA) is 87.0 Å². The van der Waals surface area contributed by atoms with Gasteiger partial charge < -0.3 is 20.0 Å². The van der Waals surface area contributed by atoms with Gasteiger partial charge in [-0.15, -0.1) is 0 Å². The minimum absolute atomic E-state index is 0.104. The quantitative estimate of drug-likeness (QED) is 0.784. The number of hydrogen-bond donors (Lipinski definition) is 3. The number of carbonyl (C=O) groups is 1. The third-order valence-electron chi connectivity index (χ3n) is 3.26. The normalized spacial score (nSPS) is 14.7. The van der Waals surface area contributed by atoms with Gasteiger partial charge in [-0.2, -0.15) is 0 Å². The van der Waals surface area contributed by atoms with Gasteiger partial charge in [0.1, 0.15) is 0 Å². The second-order valence-electron chi connectivity index (χ2n) is 4.76. The second-order valence-corrected chi connectivity index (χ2v) is 4.76. The molecule has 0 atom stereocenters. The summed E-state index contributed by atoms with van der Waals surface area (Å²) >= 11 is 0. The molecule has 104 valence electrons. The minimum Gasteiger partial charge on any atom is -0.501 e. The molecule has 0 aliphatic carbocycles. The fourth-order valence-electron chi connectivity index (χ4n) is 2.22. The van der Waals surface area contributed by atoms with Crippen LogP contribution in [-0.2, 0) is 16.1 Å². The number of aromatic nitrogens is 2. The van der Waals surface area contributed by atoms with Crippen LogP contribution in [0.2, 0.25) is 0 Å². The van der Waals surface area contributed by atoms with Crippen LogP contribution in [0.25, 0.3) is 11.0 Å². The van der Waals surface area contributed by atoms with Crippen molar-refractivity contribution in [1.29, 1.82) is 0 Å². The number of imidazole rings is 1. The first-order valence-electron chi connectivity index (χ1n) is 6.52. The van der Waals surface area contributed by atoms with E-state index in [1.165, 1.54) is 6.26 Å². The lowest BCUT2D eigenvalue weighted by Gasteiger charge is -2.13. The lowest BCUT2D eigenvalue weighted by atomic mass is 10.1. The molecular formula is C14H15N3O3. The van der Waals surface area contributed by atoms with Crippen LogP contribution < -0.4 is 11.0 Å². The largest absolute Gasteiger partial charge is 0.501 e. The molecular weight excluding hydrogens is 258 g/mol. The highest BCUT2D eigenvalue weighted by atomic mass is 16.5. The number of ether oxygens (including phenoxy) is 1. The Morgan fingerprint density at radius 2 is 2.15 bits per heavy atom. The Hall–Kier alpha value is -2.50. The summed E-state index contributed by atoms with van der Waals surface area (Å²) in [7, 11) is 0. The van der Waals surface area contributed by atoms with Gasteiger partial charge in [0.05, 0.1) is 29.5 Å². The molecule has 20 heavy (non-hydrogen) atoms. The lowest BCUT2D eigenvalue weighted by molar-refractivity contribution is -0.118. The van der Waals surface area contributed by atoms with Crippen molar-refractivity contribution in [2.45, 2.75) is 19.4 Å². The Labute approximate surface area is 114 Å². The summed E-state index contributed by atoms with van der Waals surface area (Å²) in [6.45, 7) is 1.09. The molecule has 3 N–H and O–H groups in total. The van der Waals surface area contributed by atoms with Crippen LogP contribution in [0.4, 0.5) is 0 Å². The van der Waals surface area contributed by atoms with E-state index in [9.17, 15) is 9.59 Å². The van der Waals surface area contributed by atoms with Crippen molar-refractivity contribution >= 4 is 16.9 Å². The van der Waals surface area contributed by atoms with Crippen LogP contribution in [-0.4, -0.2) is 22.5 Å². The molecule has 6 nitrogen and oxygen atoms in total. The summed E-state index contributed by atoms with van der Waals surface area (Å²) in [6, 6.07) is 5.54. The fraction of sp³-hybridized carbons (Fsp3) is 0.286. The molecule has 0 radical (unpaired) electrons. The van der Waals surface area contributed by atoms with Gasteiger partial charge in [0.2, 0.25) is 0 Å². The molecule has 1 aromatic heterocycles. The first-order chi connectivity index (χ1) is 9.72. The van der Waals surface area contributed by atoms with E-state index >= 15 is 0 Å². The summed E-state index contributed by atoms with van der Waals surface area (Å²) in [4.78, 5) is 28.5. The molecule has 3 rings (SSSR count). The molecule has 0 unspecified atom stereocenters. The maximum Gasteiger partial charge on any atom is 0.323 e. The van der Waals surface area contributed by atoms with Crippen LogP contribution in [0.3, 0.4) is 0 Å². The van der Waals surface area contributed by atoms with Crippen molar-refractivity contribution in [2.24, 2.45) is 0 Å². The van der Waals surface area contributed by atoms with E-state index in [2.05, 4.69) is 15.3 Å². The Balaban J connectivity index is 1.68. The number of rotatable bonds is 3. The van der Waals surface area contributed by atoms with Crippen LogP contribution >= 0.6 is 0 Å². The van der Waals surface area contributed by atoms with E-state index < -0.39 is 0 Å². The predicted molar refractivity (Wildman–Crippen MR) is 74.0 cm³/mol.